The summed E-state index contributed by atoms with van der Waals surface area (Å²) in [5.74, 6) is 0.614. The average Bonchev–Trinajstić information content (AvgIpc) is 3.34. The molecule has 1 atom stereocenters. The number of thioether (sulfide) groups is 1. The minimum Gasteiger partial charge on any atom is -0.308 e. The second-order valence-electron chi connectivity index (χ2n) is 8.48. The molecule has 1 N–H and O–H groups in total. The highest BCUT2D eigenvalue weighted by atomic mass is 35.5. The van der Waals surface area contributed by atoms with Crippen molar-refractivity contribution >= 4 is 46.7 Å². The molecule has 7 heteroatoms. The minimum atomic E-state index is -1.07. The largest absolute Gasteiger partial charge is 0.323 e. The monoisotopic (exact) mass is 477 g/mol. The number of anilines is 2. The number of hydrogen-bond acceptors (Lipinski definition) is 3. The number of rotatable bonds is 3. The number of aryl methyl sites for hydroxylation is 2. The molecule has 1 saturated heterocycles. The molecule has 33 heavy (non-hydrogen) atoms. The Hall–Kier alpha value is -2.96. The van der Waals surface area contributed by atoms with Crippen LogP contribution in [0.5, 0.6) is 0 Å². The number of urea groups is 1. The van der Waals surface area contributed by atoms with E-state index >= 15 is 0 Å². The topological polar surface area (TPSA) is 52.7 Å². The van der Waals surface area contributed by atoms with E-state index in [-0.39, 0.29) is 11.9 Å². The van der Waals surface area contributed by atoms with Gasteiger partial charge in [0.25, 0.3) is 5.91 Å². The van der Waals surface area contributed by atoms with Gasteiger partial charge in [0.15, 0.2) is 4.87 Å². The van der Waals surface area contributed by atoms with Gasteiger partial charge in [0.1, 0.15) is 0 Å². The molecular formula is C26H24ClN3O2S. The van der Waals surface area contributed by atoms with E-state index in [2.05, 4.69) is 17.4 Å². The summed E-state index contributed by atoms with van der Waals surface area (Å²) in [5, 5.41) is 3.54. The SMILES string of the molecule is Cc1ccc(CN2C(=O)[C@@]3(SCCN3C(=O)Nc3ccc(Cl)cc3)c3cc(C)ccc32)cc1. The number of benzene rings is 3. The first-order valence-electron chi connectivity index (χ1n) is 10.9. The van der Waals surface area contributed by atoms with Crippen LogP contribution >= 0.6 is 23.4 Å². The molecule has 0 bridgehead atoms. The van der Waals surface area contributed by atoms with Crippen molar-refractivity contribution in [2.24, 2.45) is 0 Å². The van der Waals surface area contributed by atoms with Gasteiger partial charge in [-0.15, -0.1) is 11.8 Å². The zero-order chi connectivity index (χ0) is 23.2. The number of amides is 3. The van der Waals surface area contributed by atoms with Gasteiger partial charge in [-0.1, -0.05) is 59.1 Å². The Labute approximate surface area is 202 Å². The van der Waals surface area contributed by atoms with Crippen molar-refractivity contribution in [1.82, 2.24) is 4.90 Å². The molecule has 0 radical (unpaired) electrons. The Morgan fingerprint density at radius 1 is 1.03 bits per heavy atom. The van der Waals surface area contributed by atoms with E-state index in [1.54, 1.807) is 29.2 Å². The molecule has 1 spiro atoms. The molecule has 0 aliphatic carbocycles. The lowest BCUT2D eigenvalue weighted by atomic mass is 10.0. The van der Waals surface area contributed by atoms with Gasteiger partial charge in [-0.25, -0.2) is 4.79 Å². The van der Waals surface area contributed by atoms with Gasteiger partial charge in [-0.3, -0.25) is 9.69 Å². The standard InChI is InChI=1S/C26H24ClN3O2S/c1-17-3-6-19(7-4-17)16-29-23-12-5-18(2)15-22(23)26(24(29)31)30(13-14-33-26)25(32)28-21-10-8-20(27)9-11-21/h3-12,15H,13-14,16H2,1-2H3,(H,28,32)/t26-/m0/s1. The summed E-state index contributed by atoms with van der Waals surface area (Å²) in [5.41, 5.74) is 5.68. The molecule has 1 fully saturated rings. The molecule has 2 aliphatic rings. The Morgan fingerprint density at radius 2 is 1.73 bits per heavy atom. The molecular weight excluding hydrogens is 454 g/mol. The number of carbonyl (C=O) groups is 2. The third kappa shape index (κ3) is 3.77. The predicted octanol–water partition coefficient (Wildman–Crippen LogP) is 5.94. The second kappa shape index (κ2) is 8.43. The Kier molecular flexibility index (Phi) is 5.59. The van der Waals surface area contributed by atoms with E-state index in [1.807, 2.05) is 49.1 Å². The Morgan fingerprint density at radius 3 is 2.45 bits per heavy atom. The fraction of sp³-hybridized carbons (Fsp3) is 0.231. The van der Waals surface area contributed by atoms with Crippen LogP contribution in [0.2, 0.25) is 5.02 Å². The van der Waals surface area contributed by atoms with Crippen molar-refractivity contribution in [2.75, 3.05) is 22.5 Å². The zero-order valence-electron chi connectivity index (χ0n) is 18.5. The first-order chi connectivity index (χ1) is 15.9. The van der Waals surface area contributed by atoms with E-state index in [1.165, 1.54) is 17.3 Å². The second-order valence-corrected chi connectivity index (χ2v) is 10.2. The smallest absolute Gasteiger partial charge is 0.308 e. The lowest BCUT2D eigenvalue weighted by molar-refractivity contribution is -0.123. The lowest BCUT2D eigenvalue weighted by Crippen LogP contribution is -2.51. The fourth-order valence-electron chi connectivity index (χ4n) is 4.49. The number of halogens is 1. The molecule has 5 nitrogen and oxygen atoms in total. The highest BCUT2D eigenvalue weighted by Crippen LogP contribution is 2.54. The van der Waals surface area contributed by atoms with Crippen LogP contribution < -0.4 is 10.2 Å². The minimum absolute atomic E-state index is 0.0718. The van der Waals surface area contributed by atoms with Gasteiger partial charge in [0.05, 0.1) is 12.2 Å². The van der Waals surface area contributed by atoms with Crippen molar-refractivity contribution in [3.63, 3.8) is 0 Å². The Balaban J connectivity index is 1.52. The number of hydrogen-bond donors (Lipinski definition) is 1. The van der Waals surface area contributed by atoms with Crippen molar-refractivity contribution < 1.29 is 9.59 Å². The van der Waals surface area contributed by atoms with Crippen LogP contribution in [0.1, 0.15) is 22.3 Å². The van der Waals surface area contributed by atoms with Crippen LogP contribution in [0, 0.1) is 13.8 Å². The van der Waals surface area contributed by atoms with Crippen LogP contribution in [0.15, 0.2) is 66.7 Å². The van der Waals surface area contributed by atoms with Crippen LogP contribution in [-0.2, 0) is 16.2 Å². The quantitative estimate of drug-likeness (QED) is 0.508. The van der Waals surface area contributed by atoms with Crippen molar-refractivity contribution in [3.05, 3.63) is 94.0 Å². The van der Waals surface area contributed by atoms with Crippen LogP contribution in [-0.4, -0.2) is 29.1 Å². The summed E-state index contributed by atoms with van der Waals surface area (Å²) in [6, 6.07) is 21.0. The summed E-state index contributed by atoms with van der Waals surface area (Å²) in [6.07, 6.45) is 0. The number of nitrogens with one attached hydrogen (secondary N) is 1. The van der Waals surface area contributed by atoms with Crippen LogP contribution in [0.3, 0.4) is 0 Å². The maximum absolute atomic E-state index is 14.0. The van der Waals surface area contributed by atoms with Gasteiger partial charge in [-0.05, 0) is 49.7 Å². The summed E-state index contributed by atoms with van der Waals surface area (Å²) >= 11 is 7.51. The normalized spacial score (nSPS) is 19.3. The van der Waals surface area contributed by atoms with Crippen molar-refractivity contribution in [1.29, 1.82) is 0 Å². The maximum atomic E-state index is 14.0. The first-order valence-corrected chi connectivity index (χ1v) is 12.2. The van der Waals surface area contributed by atoms with Gasteiger partial charge in [0.2, 0.25) is 0 Å². The van der Waals surface area contributed by atoms with Gasteiger partial charge >= 0.3 is 6.03 Å². The number of fused-ring (bicyclic) bond motifs is 2. The molecule has 168 valence electrons. The molecule has 0 aromatic heterocycles. The van der Waals surface area contributed by atoms with Gasteiger partial charge in [0, 0.05) is 28.6 Å². The molecule has 0 saturated carbocycles. The summed E-state index contributed by atoms with van der Waals surface area (Å²) in [4.78, 5) is 29.9. The van der Waals surface area contributed by atoms with Crippen molar-refractivity contribution in [3.8, 4) is 0 Å². The summed E-state index contributed by atoms with van der Waals surface area (Å²) < 4.78 is 0. The van der Waals surface area contributed by atoms with E-state index in [9.17, 15) is 9.59 Å². The highest BCUT2D eigenvalue weighted by Gasteiger charge is 2.59. The zero-order valence-corrected chi connectivity index (χ0v) is 20.0. The number of nitrogens with zero attached hydrogens (tertiary/aromatic N) is 2. The van der Waals surface area contributed by atoms with Crippen LogP contribution in [0.25, 0.3) is 0 Å². The van der Waals surface area contributed by atoms with E-state index in [4.69, 9.17) is 11.6 Å². The highest BCUT2D eigenvalue weighted by molar-refractivity contribution is 8.01. The average molecular weight is 478 g/mol. The molecule has 0 unspecified atom stereocenters. The first kappa shape index (κ1) is 21.9. The predicted molar refractivity (Wildman–Crippen MR) is 135 cm³/mol. The van der Waals surface area contributed by atoms with E-state index in [0.29, 0.717) is 29.6 Å². The third-order valence-electron chi connectivity index (χ3n) is 6.15. The van der Waals surface area contributed by atoms with E-state index < -0.39 is 4.87 Å². The molecule has 3 aromatic carbocycles. The summed E-state index contributed by atoms with van der Waals surface area (Å²) in [6.45, 7) is 5.01. The Bertz CT molecular complexity index is 1230. The van der Waals surface area contributed by atoms with Gasteiger partial charge < -0.3 is 10.2 Å². The maximum Gasteiger partial charge on any atom is 0.323 e. The number of carbonyl (C=O) groups excluding carboxylic acids is 2. The molecule has 2 heterocycles. The van der Waals surface area contributed by atoms with Gasteiger partial charge in [-0.2, -0.15) is 0 Å². The third-order valence-corrected chi connectivity index (χ3v) is 7.82. The summed E-state index contributed by atoms with van der Waals surface area (Å²) in [7, 11) is 0. The lowest BCUT2D eigenvalue weighted by Gasteiger charge is -2.33. The molecule has 3 amide bonds. The van der Waals surface area contributed by atoms with Crippen molar-refractivity contribution in [2.45, 2.75) is 25.3 Å². The molecule has 5 rings (SSSR count). The van der Waals surface area contributed by atoms with E-state index in [0.717, 1.165) is 22.4 Å². The van der Waals surface area contributed by atoms with Crippen LogP contribution in [0.4, 0.5) is 16.2 Å². The molecule has 2 aliphatic heterocycles. The fourth-order valence-corrected chi connectivity index (χ4v) is 6.06. The molecule has 3 aromatic rings.